The summed E-state index contributed by atoms with van der Waals surface area (Å²) < 4.78 is 0. The third-order valence-corrected chi connectivity index (χ3v) is 5.92. The highest BCUT2D eigenvalue weighted by Crippen LogP contribution is 2.33. The van der Waals surface area contributed by atoms with E-state index in [2.05, 4.69) is 5.32 Å². The van der Waals surface area contributed by atoms with Gasteiger partial charge in [0.05, 0.1) is 23.7 Å². The molecule has 2 aromatic rings. The van der Waals surface area contributed by atoms with Crippen LogP contribution in [0.5, 0.6) is 0 Å². The first kappa shape index (κ1) is 20.8. The maximum Gasteiger partial charge on any atom is 0.255 e. The smallest absolute Gasteiger partial charge is 0.255 e. The lowest BCUT2D eigenvalue weighted by Gasteiger charge is -2.32. The second-order valence-corrected chi connectivity index (χ2v) is 8.04. The maximum absolute atomic E-state index is 13.0. The van der Waals surface area contributed by atoms with Crippen LogP contribution in [0.1, 0.15) is 60.1 Å². The number of rotatable bonds is 4. The van der Waals surface area contributed by atoms with Crippen LogP contribution in [0.15, 0.2) is 54.7 Å². The first-order chi connectivity index (χ1) is 15.0. The van der Waals surface area contributed by atoms with Crippen molar-refractivity contribution in [2.24, 2.45) is 0 Å². The zero-order chi connectivity index (χ0) is 21.8. The van der Waals surface area contributed by atoms with Crippen molar-refractivity contribution in [2.75, 3.05) is 18.4 Å². The summed E-state index contributed by atoms with van der Waals surface area (Å²) in [7, 11) is 0. The van der Waals surface area contributed by atoms with Gasteiger partial charge in [-0.25, -0.2) is 0 Å². The Kier molecular flexibility index (Phi) is 6.16. The summed E-state index contributed by atoms with van der Waals surface area (Å²) in [4.78, 5) is 41.6. The second kappa shape index (κ2) is 9.16. The number of hydrogen-bond donors (Lipinski definition) is 1. The molecule has 160 valence electrons. The summed E-state index contributed by atoms with van der Waals surface area (Å²) in [5.74, 6) is -0.406. The monoisotopic (exact) mass is 417 g/mol. The first-order valence-electron chi connectivity index (χ1n) is 10.8. The van der Waals surface area contributed by atoms with Crippen LogP contribution in [0.2, 0.25) is 0 Å². The second-order valence-electron chi connectivity index (χ2n) is 8.04. The Morgan fingerprint density at radius 1 is 0.968 bits per heavy atom. The fraction of sp³-hybridized carbons (Fsp3) is 0.320. The highest BCUT2D eigenvalue weighted by atomic mass is 16.2. The molecule has 1 fully saturated rings. The van der Waals surface area contributed by atoms with Gasteiger partial charge in [0, 0.05) is 26.2 Å². The molecule has 3 amide bonds. The van der Waals surface area contributed by atoms with Crippen LogP contribution in [0.25, 0.3) is 6.08 Å². The number of anilines is 1. The van der Waals surface area contributed by atoms with E-state index in [4.69, 9.17) is 0 Å². The lowest BCUT2D eigenvalue weighted by molar-refractivity contribution is -0.129. The number of amides is 3. The zero-order valence-corrected chi connectivity index (χ0v) is 17.7. The van der Waals surface area contributed by atoms with Gasteiger partial charge in [0.25, 0.3) is 5.91 Å². The molecule has 2 aliphatic rings. The number of carbonyl (C=O) groups excluding carboxylic acids is 3. The molecule has 1 N–H and O–H groups in total. The molecule has 1 saturated heterocycles. The molecule has 0 aromatic heterocycles. The van der Waals surface area contributed by atoms with E-state index in [-0.39, 0.29) is 30.2 Å². The normalized spacial score (nSPS) is 17.8. The van der Waals surface area contributed by atoms with Crippen LogP contribution >= 0.6 is 0 Å². The molecule has 2 aliphatic heterocycles. The number of nitrogens with one attached hydrogen (secondary N) is 1. The fourth-order valence-electron chi connectivity index (χ4n) is 4.34. The van der Waals surface area contributed by atoms with Gasteiger partial charge >= 0.3 is 0 Å². The van der Waals surface area contributed by atoms with E-state index in [1.807, 2.05) is 47.4 Å². The Morgan fingerprint density at radius 3 is 2.45 bits per heavy atom. The van der Waals surface area contributed by atoms with Crippen molar-refractivity contribution in [3.63, 3.8) is 0 Å². The van der Waals surface area contributed by atoms with Gasteiger partial charge in [0.15, 0.2) is 0 Å². The molecule has 4 rings (SSSR count). The summed E-state index contributed by atoms with van der Waals surface area (Å²) in [6.45, 7) is 3.00. The molecule has 0 saturated carbocycles. The number of para-hydroxylation sites is 1. The standard InChI is InChI=1S/C25H27N3O3/c1-18(29)28-16-13-19-9-3-4-10-20(19)23(28)17-24(30)26-22-12-6-5-11-21(22)25(31)27-14-7-2-8-15-27/h3-6,9-13,16,23H,2,7-8,14-15,17H2,1H3,(H,26,30). The molecule has 6 nitrogen and oxygen atoms in total. The van der Waals surface area contributed by atoms with Crippen LogP contribution in [-0.4, -0.2) is 40.6 Å². The molecule has 0 aliphatic carbocycles. The van der Waals surface area contributed by atoms with Gasteiger partial charge in [-0.15, -0.1) is 0 Å². The maximum atomic E-state index is 13.0. The van der Waals surface area contributed by atoms with Crippen molar-refractivity contribution in [1.29, 1.82) is 0 Å². The Hall–Kier alpha value is -3.41. The largest absolute Gasteiger partial charge is 0.339 e. The van der Waals surface area contributed by atoms with Crippen molar-refractivity contribution in [3.05, 3.63) is 71.4 Å². The number of carbonyl (C=O) groups is 3. The van der Waals surface area contributed by atoms with Crippen molar-refractivity contribution >= 4 is 29.5 Å². The van der Waals surface area contributed by atoms with E-state index in [1.54, 1.807) is 23.2 Å². The molecule has 2 aromatic carbocycles. The molecular formula is C25H27N3O3. The van der Waals surface area contributed by atoms with Crippen molar-refractivity contribution in [2.45, 2.75) is 38.6 Å². The molecule has 0 bridgehead atoms. The van der Waals surface area contributed by atoms with Crippen molar-refractivity contribution in [1.82, 2.24) is 9.80 Å². The van der Waals surface area contributed by atoms with Gasteiger partial charge in [-0.3, -0.25) is 14.4 Å². The number of likely N-dealkylation sites (tertiary alicyclic amines) is 1. The molecule has 31 heavy (non-hydrogen) atoms. The topological polar surface area (TPSA) is 69.7 Å². The van der Waals surface area contributed by atoms with Gasteiger partial charge in [0.1, 0.15) is 0 Å². The average Bonchev–Trinajstić information content (AvgIpc) is 2.79. The highest BCUT2D eigenvalue weighted by Gasteiger charge is 2.29. The van der Waals surface area contributed by atoms with Gasteiger partial charge in [0.2, 0.25) is 11.8 Å². The minimum atomic E-state index is -0.386. The minimum Gasteiger partial charge on any atom is -0.339 e. The Balaban J connectivity index is 1.53. The molecule has 2 heterocycles. The molecule has 6 heteroatoms. The van der Waals surface area contributed by atoms with Gasteiger partial charge in [-0.2, -0.15) is 0 Å². The number of piperidine rings is 1. The summed E-state index contributed by atoms with van der Waals surface area (Å²) in [6, 6.07) is 14.5. The molecular weight excluding hydrogens is 390 g/mol. The molecule has 1 unspecified atom stereocenters. The summed E-state index contributed by atoms with van der Waals surface area (Å²) in [5.41, 5.74) is 2.95. The zero-order valence-electron chi connectivity index (χ0n) is 17.7. The van der Waals surface area contributed by atoms with E-state index in [1.165, 1.54) is 6.92 Å². The van der Waals surface area contributed by atoms with Crippen LogP contribution in [-0.2, 0) is 9.59 Å². The number of fused-ring (bicyclic) bond motifs is 1. The third-order valence-electron chi connectivity index (χ3n) is 5.92. The van der Waals surface area contributed by atoms with Crippen molar-refractivity contribution in [3.8, 4) is 0 Å². The third kappa shape index (κ3) is 4.53. The number of hydrogen-bond acceptors (Lipinski definition) is 3. The molecule has 1 atom stereocenters. The van der Waals surface area contributed by atoms with Gasteiger partial charge in [-0.1, -0.05) is 36.4 Å². The summed E-state index contributed by atoms with van der Waals surface area (Å²) in [5, 5.41) is 2.92. The van der Waals surface area contributed by atoms with E-state index >= 15 is 0 Å². The van der Waals surface area contributed by atoms with E-state index < -0.39 is 0 Å². The first-order valence-corrected chi connectivity index (χ1v) is 10.8. The summed E-state index contributed by atoms with van der Waals surface area (Å²) in [6.07, 6.45) is 6.89. The Morgan fingerprint density at radius 2 is 1.68 bits per heavy atom. The minimum absolute atomic E-state index is 0.0492. The lowest BCUT2D eigenvalue weighted by atomic mass is 9.93. The predicted molar refractivity (Wildman–Crippen MR) is 120 cm³/mol. The fourth-order valence-corrected chi connectivity index (χ4v) is 4.34. The SMILES string of the molecule is CC(=O)N1C=Cc2ccccc2C1CC(=O)Nc1ccccc1C(=O)N1CCCCC1. The molecule has 0 spiro atoms. The van der Waals surface area contributed by atoms with Gasteiger partial charge in [-0.05, 0) is 48.6 Å². The van der Waals surface area contributed by atoms with Gasteiger partial charge < -0.3 is 15.1 Å². The van der Waals surface area contributed by atoms with E-state index in [0.29, 0.717) is 11.3 Å². The van der Waals surface area contributed by atoms with Crippen molar-refractivity contribution < 1.29 is 14.4 Å². The van der Waals surface area contributed by atoms with Crippen LogP contribution in [0.4, 0.5) is 5.69 Å². The Labute approximate surface area is 182 Å². The highest BCUT2D eigenvalue weighted by molar-refractivity contribution is 6.04. The van der Waals surface area contributed by atoms with E-state index in [0.717, 1.165) is 43.5 Å². The van der Waals surface area contributed by atoms with Crippen LogP contribution in [0, 0.1) is 0 Å². The Bertz CT molecular complexity index is 1020. The predicted octanol–water partition coefficient (Wildman–Crippen LogP) is 4.22. The van der Waals surface area contributed by atoms with E-state index in [9.17, 15) is 14.4 Å². The number of benzene rings is 2. The quantitative estimate of drug-likeness (QED) is 0.810. The molecule has 0 radical (unpaired) electrons. The van der Waals surface area contributed by atoms with Crippen LogP contribution in [0.3, 0.4) is 0 Å². The number of nitrogens with zero attached hydrogens (tertiary/aromatic N) is 2. The lowest BCUT2D eigenvalue weighted by Crippen LogP contribution is -2.36. The van der Waals surface area contributed by atoms with Crippen LogP contribution < -0.4 is 5.32 Å². The average molecular weight is 418 g/mol. The summed E-state index contributed by atoms with van der Waals surface area (Å²) >= 11 is 0.